The van der Waals surface area contributed by atoms with Crippen molar-refractivity contribution < 1.29 is 14.3 Å². The molecule has 0 spiro atoms. The fraction of sp³-hybridized carbons (Fsp3) is 0.824. The van der Waals surface area contributed by atoms with Gasteiger partial charge in [-0.15, -0.1) is 10.2 Å². The number of hydrogen-bond donors (Lipinski definition) is 1. The lowest BCUT2D eigenvalue weighted by Gasteiger charge is -2.29. The summed E-state index contributed by atoms with van der Waals surface area (Å²) in [7, 11) is 0. The first kappa shape index (κ1) is 18.3. The normalized spacial score (nSPS) is 28.0. The Labute approximate surface area is 148 Å². The zero-order valence-electron chi connectivity index (χ0n) is 15.6. The van der Waals surface area contributed by atoms with E-state index in [1.165, 1.54) is 0 Å². The Kier molecular flexibility index (Phi) is 5.41. The first-order valence-corrected chi connectivity index (χ1v) is 9.16. The predicted molar refractivity (Wildman–Crippen MR) is 91.7 cm³/mol. The topological polar surface area (TPSA) is 85.9 Å². The fourth-order valence-electron chi connectivity index (χ4n) is 3.99. The number of aromatic nitrogens is 2. The molecule has 25 heavy (non-hydrogen) atoms. The number of aliphatic hydroxyl groups is 1. The summed E-state index contributed by atoms with van der Waals surface area (Å²) in [6, 6.07) is 0.0956. The Bertz CT molecular complexity index is 605. The highest BCUT2D eigenvalue weighted by atomic mass is 16.4. The smallest absolute Gasteiger partial charge is 0.240 e. The van der Waals surface area contributed by atoms with E-state index in [9.17, 15) is 9.90 Å². The first-order valence-electron chi connectivity index (χ1n) is 9.16. The molecule has 1 aromatic rings. The van der Waals surface area contributed by atoms with Crippen molar-refractivity contribution in [3.63, 3.8) is 0 Å². The Balaban J connectivity index is 1.65. The van der Waals surface area contributed by atoms with Crippen molar-refractivity contribution in [2.75, 3.05) is 26.2 Å². The number of carbonyl (C=O) groups excluding carboxylic acids is 1. The summed E-state index contributed by atoms with van der Waals surface area (Å²) >= 11 is 0. The molecule has 2 fully saturated rings. The van der Waals surface area contributed by atoms with Crippen molar-refractivity contribution in [1.82, 2.24) is 24.9 Å². The van der Waals surface area contributed by atoms with Crippen LogP contribution in [0.5, 0.6) is 0 Å². The molecule has 3 heterocycles. The highest BCUT2D eigenvalue weighted by Crippen LogP contribution is 2.26. The van der Waals surface area contributed by atoms with Gasteiger partial charge in [-0.1, -0.05) is 6.92 Å². The van der Waals surface area contributed by atoms with E-state index in [0.29, 0.717) is 31.4 Å². The van der Waals surface area contributed by atoms with E-state index in [1.807, 2.05) is 18.7 Å². The molecule has 3 rings (SSSR count). The van der Waals surface area contributed by atoms with Crippen LogP contribution in [0.3, 0.4) is 0 Å². The summed E-state index contributed by atoms with van der Waals surface area (Å²) in [5.41, 5.74) is 0. The molecule has 2 aliphatic rings. The number of amides is 1. The van der Waals surface area contributed by atoms with Crippen LogP contribution in [-0.2, 0) is 11.3 Å². The molecule has 1 N–H and O–H groups in total. The van der Waals surface area contributed by atoms with Crippen molar-refractivity contribution in [3.05, 3.63) is 11.8 Å². The van der Waals surface area contributed by atoms with Gasteiger partial charge in [0.1, 0.15) is 0 Å². The van der Waals surface area contributed by atoms with Crippen LogP contribution in [0.25, 0.3) is 0 Å². The van der Waals surface area contributed by atoms with Gasteiger partial charge in [-0.2, -0.15) is 0 Å². The minimum Gasteiger partial charge on any atom is -0.424 e. The van der Waals surface area contributed by atoms with Gasteiger partial charge < -0.3 is 14.4 Å². The molecule has 8 nitrogen and oxygen atoms in total. The van der Waals surface area contributed by atoms with Crippen LogP contribution in [-0.4, -0.2) is 86.3 Å². The van der Waals surface area contributed by atoms with Crippen LogP contribution in [0, 0.1) is 6.92 Å². The Hall–Kier alpha value is -1.51. The van der Waals surface area contributed by atoms with Gasteiger partial charge in [0.2, 0.25) is 17.7 Å². The second-order valence-electron chi connectivity index (χ2n) is 7.30. The highest BCUT2D eigenvalue weighted by Gasteiger charge is 2.44. The van der Waals surface area contributed by atoms with E-state index in [4.69, 9.17) is 4.42 Å². The van der Waals surface area contributed by atoms with Gasteiger partial charge in [-0.3, -0.25) is 14.6 Å². The van der Waals surface area contributed by atoms with Crippen molar-refractivity contribution in [1.29, 1.82) is 0 Å². The molecule has 140 valence electrons. The first-order chi connectivity index (χ1) is 11.9. The standard InChI is InChI=1S/C17H29N5O3/c1-5-20(10-16-19-18-12(4)25-16)14-8-21(9-15(14)23)13-6-7-22(11(2)3)17(13)24/h11,13-15,23H,5-10H2,1-4H3/t13-,14+,15+/m0/s1. The lowest BCUT2D eigenvalue weighted by atomic mass is 10.2. The van der Waals surface area contributed by atoms with Crippen LogP contribution in [0.4, 0.5) is 0 Å². The second-order valence-corrected chi connectivity index (χ2v) is 7.30. The maximum Gasteiger partial charge on any atom is 0.240 e. The van der Waals surface area contributed by atoms with Crippen LogP contribution < -0.4 is 0 Å². The average molecular weight is 351 g/mol. The quantitative estimate of drug-likeness (QED) is 0.786. The molecule has 1 amide bonds. The van der Waals surface area contributed by atoms with Gasteiger partial charge in [0.15, 0.2) is 0 Å². The molecule has 2 aliphatic heterocycles. The molecule has 0 bridgehead atoms. The molecular formula is C17H29N5O3. The van der Waals surface area contributed by atoms with E-state index in [2.05, 4.69) is 26.9 Å². The minimum atomic E-state index is -0.482. The summed E-state index contributed by atoms with van der Waals surface area (Å²) in [5, 5.41) is 18.5. The van der Waals surface area contributed by atoms with Crippen molar-refractivity contribution >= 4 is 5.91 Å². The molecule has 0 saturated carbocycles. The van der Waals surface area contributed by atoms with E-state index in [0.717, 1.165) is 19.5 Å². The van der Waals surface area contributed by atoms with E-state index in [-0.39, 0.29) is 24.0 Å². The maximum atomic E-state index is 12.6. The number of likely N-dealkylation sites (N-methyl/N-ethyl adjacent to an activating group) is 1. The van der Waals surface area contributed by atoms with Gasteiger partial charge in [-0.05, 0) is 26.8 Å². The third kappa shape index (κ3) is 3.70. The van der Waals surface area contributed by atoms with Gasteiger partial charge in [0.25, 0.3) is 0 Å². The number of aliphatic hydroxyl groups excluding tert-OH is 1. The Morgan fingerprint density at radius 1 is 1.36 bits per heavy atom. The molecule has 8 heteroatoms. The van der Waals surface area contributed by atoms with Crippen LogP contribution in [0.1, 0.15) is 39.0 Å². The lowest BCUT2D eigenvalue weighted by Crippen LogP contribution is -2.45. The number of hydrogen-bond acceptors (Lipinski definition) is 7. The van der Waals surface area contributed by atoms with Crippen molar-refractivity contribution in [2.24, 2.45) is 0 Å². The summed E-state index contributed by atoms with van der Waals surface area (Å²) in [6.45, 7) is 11.2. The number of β-amino-alcohol motifs (C(OH)–C–C–N with tert-alkyl or cyclic N) is 1. The maximum absolute atomic E-state index is 12.6. The largest absolute Gasteiger partial charge is 0.424 e. The predicted octanol–water partition coefficient (Wildman–Crippen LogP) is 0.254. The summed E-state index contributed by atoms with van der Waals surface area (Å²) < 4.78 is 5.47. The Morgan fingerprint density at radius 3 is 2.68 bits per heavy atom. The minimum absolute atomic E-state index is 0.0295. The molecule has 3 atom stereocenters. The second kappa shape index (κ2) is 7.39. The SMILES string of the molecule is CCN(Cc1nnc(C)o1)[C@@H]1CN([C@H]2CCN(C(C)C)C2=O)C[C@H]1O. The third-order valence-electron chi connectivity index (χ3n) is 5.34. The summed E-state index contributed by atoms with van der Waals surface area (Å²) in [6.07, 6.45) is 0.357. The van der Waals surface area contributed by atoms with Crippen LogP contribution in [0.15, 0.2) is 4.42 Å². The third-order valence-corrected chi connectivity index (χ3v) is 5.34. The number of aryl methyl sites for hydroxylation is 1. The van der Waals surface area contributed by atoms with Crippen molar-refractivity contribution in [2.45, 2.75) is 64.9 Å². The van der Waals surface area contributed by atoms with Gasteiger partial charge in [0.05, 0.1) is 24.7 Å². The molecule has 1 aromatic heterocycles. The van der Waals surface area contributed by atoms with E-state index in [1.54, 1.807) is 6.92 Å². The Morgan fingerprint density at radius 2 is 2.12 bits per heavy atom. The molecule has 0 aromatic carbocycles. The van der Waals surface area contributed by atoms with E-state index >= 15 is 0 Å². The van der Waals surface area contributed by atoms with Crippen molar-refractivity contribution in [3.8, 4) is 0 Å². The molecular weight excluding hydrogens is 322 g/mol. The van der Waals surface area contributed by atoms with Gasteiger partial charge >= 0.3 is 0 Å². The van der Waals surface area contributed by atoms with Gasteiger partial charge in [-0.25, -0.2) is 0 Å². The zero-order chi connectivity index (χ0) is 18.1. The van der Waals surface area contributed by atoms with Crippen LogP contribution >= 0.6 is 0 Å². The molecule has 2 saturated heterocycles. The molecule has 0 unspecified atom stereocenters. The number of nitrogens with zero attached hydrogens (tertiary/aromatic N) is 5. The van der Waals surface area contributed by atoms with Gasteiger partial charge in [0, 0.05) is 32.6 Å². The van der Waals surface area contributed by atoms with E-state index < -0.39 is 6.10 Å². The molecule has 0 aliphatic carbocycles. The number of likely N-dealkylation sites (tertiary alicyclic amines) is 2. The summed E-state index contributed by atoms with van der Waals surface area (Å²) in [4.78, 5) is 18.9. The number of carbonyl (C=O) groups is 1. The highest BCUT2D eigenvalue weighted by molar-refractivity contribution is 5.84. The zero-order valence-corrected chi connectivity index (χ0v) is 15.6. The lowest BCUT2D eigenvalue weighted by molar-refractivity contribution is -0.133. The average Bonchev–Trinajstić information content (AvgIpc) is 3.24. The van der Waals surface area contributed by atoms with Crippen LogP contribution in [0.2, 0.25) is 0 Å². The number of rotatable bonds is 6. The summed E-state index contributed by atoms with van der Waals surface area (Å²) in [5.74, 6) is 1.30. The fourth-order valence-corrected chi connectivity index (χ4v) is 3.99. The monoisotopic (exact) mass is 351 g/mol. The molecule has 0 radical (unpaired) electrons.